The van der Waals surface area contributed by atoms with Crippen molar-refractivity contribution in [2.75, 3.05) is 19.3 Å². The van der Waals surface area contributed by atoms with E-state index in [4.69, 9.17) is 5.11 Å². The smallest absolute Gasteiger partial charge is 0.308 e. The van der Waals surface area contributed by atoms with Crippen molar-refractivity contribution in [3.8, 4) is 0 Å². The number of carboxylic acid groups (broad SMARTS) is 1. The summed E-state index contributed by atoms with van der Waals surface area (Å²) in [5.74, 6) is -1.90. The van der Waals surface area contributed by atoms with Crippen LogP contribution in [0.5, 0.6) is 0 Å². The van der Waals surface area contributed by atoms with Crippen molar-refractivity contribution in [3.63, 3.8) is 0 Å². The summed E-state index contributed by atoms with van der Waals surface area (Å²) in [6.45, 7) is 3.53. The van der Waals surface area contributed by atoms with Crippen LogP contribution < -0.4 is 4.72 Å². The number of likely N-dealkylation sites (tertiary alicyclic amines) is 1. The molecule has 110 valence electrons. The Hall–Kier alpha value is -1.15. The second-order valence-electron chi connectivity index (χ2n) is 5.43. The van der Waals surface area contributed by atoms with E-state index in [9.17, 15) is 18.0 Å². The number of hydrogen-bond donors (Lipinski definition) is 2. The first-order chi connectivity index (χ1) is 8.53. The van der Waals surface area contributed by atoms with Gasteiger partial charge in [0, 0.05) is 13.1 Å². The molecule has 2 N–H and O–H groups in total. The van der Waals surface area contributed by atoms with Gasteiger partial charge in [-0.15, -0.1) is 0 Å². The Balaban J connectivity index is 2.79. The second-order valence-corrected chi connectivity index (χ2v) is 7.18. The van der Waals surface area contributed by atoms with Crippen LogP contribution in [0.15, 0.2) is 0 Å². The van der Waals surface area contributed by atoms with Crippen molar-refractivity contribution in [3.05, 3.63) is 0 Å². The minimum Gasteiger partial charge on any atom is -0.481 e. The lowest BCUT2D eigenvalue weighted by Gasteiger charge is -2.36. The van der Waals surface area contributed by atoms with E-state index in [1.165, 1.54) is 18.7 Å². The number of amides is 1. The van der Waals surface area contributed by atoms with Crippen molar-refractivity contribution < 1.29 is 23.1 Å². The Kier molecular flexibility index (Phi) is 4.57. The number of nitrogens with one attached hydrogen (secondary N) is 1. The normalized spacial score (nSPS) is 21.2. The number of aliphatic carboxylic acids is 1. The second kappa shape index (κ2) is 5.46. The lowest BCUT2D eigenvalue weighted by molar-refractivity contribution is -0.147. The maximum Gasteiger partial charge on any atom is 0.308 e. The predicted molar refractivity (Wildman–Crippen MR) is 69.0 cm³/mol. The van der Waals surface area contributed by atoms with Crippen molar-refractivity contribution in [2.45, 2.75) is 32.2 Å². The molecular weight excluding hydrogens is 272 g/mol. The highest BCUT2D eigenvalue weighted by atomic mass is 32.2. The fraction of sp³-hybridized carbons (Fsp3) is 0.818. The molecule has 1 heterocycles. The van der Waals surface area contributed by atoms with Gasteiger partial charge in [0.05, 0.1) is 12.2 Å². The third-order valence-electron chi connectivity index (χ3n) is 3.03. The highest BCUT2D eigenvalue weighted by Crippen LogP contribution is 2.20. The molecule has 7 nitrogen and oxygen atoms in total. The molecule has 0 aromatic carbocycles. The molecule has 0 aromatic rings. The zero-order chi connectivity index (χ0) is 14.8. The van der Waals surface area contributed by atoms with Crippen LogP contribution in [-0.2, 0) is 19.6 Å². The number of nitrogens with zero attached hydrogens (tertiary/aromatic N) is 1. The van der Waals surface area contributed by atoms with E-state index in [2.05, 4.69) is 4.72 Å². The molecule has 0 bridgehead atoms. The highest BCUT2D eigenvalue weighted by Gasteiger charge is 2.37. The molecule has 0 radical (unpaired) electrons. The molecule has 0 aromatic heterocycles. The number of rotatable bonds is 4. The van der Waals surface area contributed by atoms with Gasteiger partial charge < -0.3 is 10.0 Å². The van der Waals surface area contributed by atoms with E-state index >= 15 is 0 Å². The summed E-state index contributed by atoms with van der Waals surface area (Å²) in [5, 5.41) is 8.98. The molecule has 1 atom stereocenters. The predicted octanol–water partition coefficient (Wildman–Crippen LogP) is -0.363. The van der Waals surface area contributed by atoms with Crippen LogP contribution >= 0.6 is 0 Å². The van der Waals surface area contributed by atoms with E-state index in [0.717, 1.165) is 6.26 Å². The maximum atomic E-state index is 12.3. The largest absolute Gasteiger partial charge is 0.481 e. The minimum atomic E-state index is -3.51. The standard InChI is InChI=1S/C11H20N2O5S/c1-11(2,12-19(3,17)18)10(16)13-6-4-5-8(7-13)9(14)15/h8,12H,4-7H2,1-3H3,(H,14,15)/t8-/m0/s1. The van der Waals surface area contributed by atoms with Gasteiger partial charge in [0.2, 0.25) is 15.9 Å². The Labute approximate surface area is 113 Å². The monoisotopic (exact) mass is 292 g/mol. The van der Waals surface area contributed by atoms with Crippen LogP contribution in [0.2, 0.25) is 0 Å². The van der Waals surface area contributed by atoms with Crippen molar-refractivity contribution in [1.82, 2.24) is 9.62 Å². The molecule has 19 heavy (non-hydrogen) atoms. The van der Waals surface area contributed by atoms with Crippen LogP contribution in [0.3, 0.4) is 0 Å². The average molecular weight is 292 g/mol. The minimum absolute atomic E-state index is 0.128. The van der Waals surface area contributed by atoms with Crippen LogP contribution in [0.4, 0.5) is 0 Å². The number of carboxylic acids is 1. The molecular formula is C11H20N2O5S. The third kappa shape index (κ3) is 4.46. The first kappa shape index (κ1) is 15.9. The average Bonchev–Trinajstić information content (AvgIpc) is 2.25. The molecule has 1 aliphatic heterocycles. The topological polar surface area (TPSA) is 104 Å². The van der Waals surface area contributed by atoms with E-state index in [-0.39, 0.29) is 6.54 Å². The SMILES string of the molecule is CC(C)(NS(C)(=O)=O)C(=O)N1CCC[C@H](C(=O)O)C1. The van der Waals surface area contributed by atoms with Gasteiger partial charge in [0.25, 0.3) is 0 Å². The van der Waals surface area contributed by atoms with Crippen LogP contribution in [-0.4, -0.2) is 55.2 Å². The summed E-state index contributed by atoms with van der Waals surface area (Å²) in [6.07, 6.45) is 2.13. The quantitative estimate of drug-likeness (QED) is 0.736. The number of sulfonamides is 1. The van der Waals surface area contributed by atoms with Gasteiger partial charge in [-0.3, -0.25) is 9.59 Å². The van der Waals surface area contributed by atoms with Gasteiger partial charge in [-0.25, -0.2) is 13.1 Å². The number of carbonyl (C=O) groups excluding carboxylic acids is 1. The lowest BCUT2D eigenvalue weighted by Crippen LogP contribution is -2.57. The summed E-state index contributed by atoms with van der Waals surface area (Å²) in [5.41, 5.74) is -1.27. The maximum absolute atomic E-state index is 12.3. The zero-order valence-corrected chi connectivity index (χ0v) is 12.2. The van der Waals surface area contributed by atoms with Gasteiger partial charge in [0.15, 0.2) is 0 Å². The number of piperidine rings is 1. The third-order valence-corrected chi connectivity index (χ3v) is 3.91. The fourth-order valence-electron chi connectivity index (χ4n) is 2.27. The summed E-state index contributed by atoms with van der Waals surface area (Å²) in [7, 11) is -3.51. The van der Waals surface area contributed by atoms with E-state index in [1.54, 1.807) is 0 Å². The fourth-order valence-corrected chi connectivity index (χ4v) is 3.28. The first-order valence-corrected chi connectivity index (χ1v) is 7.93. The van der Waals surface area contributed by atoms with Gasteiger partial charge in [-0.2, -0.15) is 0 Å². The van der Waals surface area contributed by atoms with Crippen molar-refractivity contribution in [1.29, 1.82) is 0 Å². The molecule has 1 aliphatic rings. The summed E-state index contributed by atoms with van der Waals surface area (Å²) in [4.78, 5) is 24.6. The van der Waals surface area contributed by atoms with Crippen LogP contribution in [0.1, 0.15) is 26.7 Å². The van der Waals surface area contributed by atoms with Crippen molar-refractivity contribution in [2.24, 2.45) is 5.92 Å². The molecule has 1 fully saturated rings. The Morgan fingerprint density at radius 1 is 1.37 bits per heavy atom. The molecule has 8 heteroatoms. The Bertz CT molecular complexity index is 471. The highest BCUT2D eigenvalue weighted by molar-refractivity contribution is 7.88. The molecule has 0 spiro atoms. The summed E-state index contributed by atoms with van der Waals surface area (Å²) >= 11 is 0. The van der Waals surface area contributed by atoms with E-state index in [0.29, 0.717) is 19.4 Å². The van der Waals surface area contributed by atoms with Gasteiger partial charge in [0.1, 0.15) is 5.54 Å². The molecule has 1 rings (SSSR count). The molecule has 0 aliphatic carbocycles. The van der Waals surface area contributed by atoms with Crippen LogP contribution in [0.25, 0.3) is 0 Å². The molecule has 0 unspecified atom stereocenters. The molecule has 0 saturated carbocycles. The van der Waals surface area contributed by atoms with E-state index in [1.807, 2.05) is 0 Å². The summed E-state index contributed by atoms with van der Waals surface area (Å²) in [6, 6.07) is 0. The van der Waals surface area contributed by atoms with Gasteiger partial charge >= 0.3 is 5.97 Å². The Morgan fingerprint density at radius 2 is 1.95 bits per heavy atom. The van der Waals surface area contributed by atoms with Gasteiger partial charge in [-0.05, 0) is 26.7 Å². The zero-order valence-electron chi connectivity index (χ0n) is 11.3. The van der Waals surface area contributed by atoms with Crippen molar-refractivity contribution >= 4 is 21.9 Å². The van der Waals surface area contributed by atoms with Crippen LogP contribution in [0, 0.1) is 5.92 Å². The first-order valence-electron chi connectivity index (χ1n) is 6.04. The lowest BCUT2D eigenvalue weighted by atomic mass is 9.96. The summed E-state index contributed by atoms with van der Waals surface area (Å²) < 4.78 is 24.7. The van der Waals surface area contributed by atoms with E-state index < -0.39 is 33.4 Å². The Morgan fingerprint density at radius 3 is 2.42 bits per heavy atom. The number of hydrogen-bond acceptors (Lipinski definition) is 4. The molecule has 1 amide bonds. The number of carbonyl (C=O) groups is 2. The molecule has 1 saturated heterocycles. The van der Waals surface area contributed by atoms with Gasteiger partial charge in [-0.1, -0.05) is 0 Å².